The van der Waals surface area contributed by atoms with Gasteiger partial charge < -0.3 is 5.32 Å². The zero-order valence-electron chi connectivity index (χ0n) is 8.45. The van der Waals surface area contributed by atoms with E-state index < -0.39 is 0 Å². The molecule has 13 heavy (non-hydrogen) atoms. The summed E-state index contributed by atoms with van der Waals surface area (Å²) in [7, 11) is 1.76. The Morgan fingerprint density at radius 2 is 2.08 bits per heavy atom. The number of benzene rings is 1. The molecule has 0 saturated carbocycles. The normalized spacial score (nSPS) is 10.2. The summed E-state index contributed by atoms with van der Waals surface area (Å²) in [4.78, 5) is 0. The van der Waals surface area contributed by atoms with Gasteiger partial charge >= 0.3 is 0 Å². The van der Waals surface area contributed by atoms with E-state index in [1.165, 1.54) is 0 Å². The fraction of sp³-hybridized carbons (Fsp3) is 0.455. The van der Waals surface area contributed by atoms with Gasteiger partial charge in [-0.3, -0.25) is 0 Å². The molecular weight excluding hydrogens is 165 g/mol. The van der Waals surface area contributed by atoms with Crippen molar-refractivity contribution in [2.45, 2.75) is 26.7 Å². The third-order valence-corrected chi connectivity index (χ3v) is 2.09. The minimum absolute atomic E-state index is 0.147. The monoisotopic (exact) mass is 181 g/mol. The van der Waals surface area contributed by atoms with Crippen LogP contribution in [0.5, 0.6) is 0 Å². The summed E-state index contributed by atoms with van der Waals surface area (Å²) >= 11 is 0. The molecular formula is C11H16FN. The summed E-state index contributed by atoms with van der Waals surface area (Å²) in [5.74, 6) is -0.147. The van der Waals surface area contributed by atoms with Gasteiger partial charge in [-0.05, 0) is 30.5 Å². The quantitative estimate of drug-likeness (QED) is 0.755. The lowest BCUT2D eigenvalue weighted by Gasteiger charge is -2.10. The van der Waals surface area contributed by atoms with E-state index in [0.29, 0.717) is 5.69 Å². The lowest BCUT2D eigenvalue weighted by molar-refractivity contribution is 0.627. The van der Waals surface area contributed by atoms with Crippen LogP contribution in [-0.2, 0) is 6.42 Å². The Labute approximate surface area is 79.0 Å². The number of aryl methyl sites for hydroxylation is 2. The molecule has 0 unspecified atom stereocenters. The van der Waals surface area contributed by atoms with E-state index in [9.17, 15) is 4.39 Å². The second kappa shape index (κ2) is 4.26. The summed E-state index contributed by atoms with van der Waals surface area (Å²) in [5, 5.41) is 2.90. The minimum Gasteiger partial charge on any atom is -0.386 e. The van der Waals surface area contributed by atoms with E-state index in [1.54, 1.807) is 13.1 Å². The van der Waals surface area contributed by atoms with Gasteiger partial charge in [-0.2, -0.15) is 0 Å². The molecule has 1 aromatic rings. The van der Waals surface area contributed by atoms with Crippen LogP contribution in [0, 0.1) is 12.7 Å². The maximum Gasteiger partial charge on any atom is 0.146 e. The Kier molecular flexibility index (Phi) is 3.29. The van der Waals surface area contributed by atoms with Crippen LogP contribution in [-0.4, -0.2) is 7.05 Å². The zero-order chi connectivity index (χ0) is 9.84. The van der Waals surface area contributed by atoms with E-state index >= 15 is 0 Å². The van der Waals surface area contributed by atoms with Gasteiger partial charge in [0.1, 0.15) is 5.82 Å². The van der Waals surface area contributed by atoms with Gasteiger partial charge in [0.2, 0.25) is 0 Å². The van der Waals surface area contributed by atoms with Gasteiger partial charge in [0.15, 0.2) is 0 Å². The molecule has 0 spiro atoms. The van der Waals surface area contributed by atoms with Crippen molar-refractivity contribution in [2.75, 3.05) is 12.4 Å². The standard InChI is InChI=1S/C11H16FN/c1-4-5-9-6-8(2)7-10(12)11(9)13-3/h6-7,13H,4-5H2,1-3H3. The zero-order valence-corrected chi connectivity index (χ0v) is 8.45. The second-order valence-corrected chi connectivity index (χ2v) is 3.28. The predicted molar refractivity (Wildman–Crippen MR) is 54.7 cm³/mol. The van der Waals surface area contributed by atoms with Crippen molar-refractivity contribution in [3.8, 4) is 0 Å². The Morgan fingerprint density at radius 1 is 1.38 bits per heavy atom. The van der Waals surface area contributed by atoms with Crippen LogP contribution in [0.1, 0.15) is 24.5 Å². The van der Waals surface area contributed by atoms with Crippen LogP contribution >= 0.6 is 0 Å². The molecule has 0 bridgehead atoms. The fourth-order valence-corrected chi connectivity index (χ4v) is 1.56. The van der Waals surface area contributed by atoms with Crippen LogP contribution in [0.15, 0.2) is 12.1 Å². The van der Waals surface area contributed by atoms with E-state index in [2.05, 4.69) is 12.2 Å². The molecule has 0 fully saturated rings. The van der Waals surface area contributed by atoms with Crippen LogP contribution in [0.4, 0.5) is 10.1 Å². The molecule has 0 amide bonds. The SMILES string of the molecule is CCCc1cc(C)cc(F)c1NC. The Balaban J connectivity index is 3.13. The Hall–Kier alpha value is -1.05. The minimum atomic E-state index is -0.147. The number of rotatable bonds is 3. The summed E-state index contributed by atoms with van der Waals surface area (Å²) in [5.41, 5.74) is 2.70. The second-order valence-electron chi connectivity index (χ2n) is 3.28. The number of nitrogens with one attached hydrogen (secondary N) is 1. The Bertz CT molecular complexity index is 294. The first-order valence-corrected chi connectivity index (χ1v) is 4.65. The maximum absolute atomic E-state index is 13.4. The lowest BCUT2D eigenvalue weighted by atomic mass is 10.0. The van der Waals surface area contributed by atoms with Crippen molar-refractivity contribution in [2.24, 2.45) is 0 Å². The van der Waals surface area contributed by atoms with E-state index in [4.69, 9.17) is 0 Å². The van der Waals surface area contributed by atoms with E-state index in [-0.39, 0.29) is 5.82 Å². The van der Waals surface area contributed by atoms with Gasteiger partial charge in [0.25, 0.3) is 0 Å². The Morgan fingerprint density at radius 3 is 2.62 bits per heavy atom. The molecule has 0 atom stereocenters. The van der Waals surface area contributed by atoms with Gasteiger partial charge in [-0.15, -0.1) is 0 Å². The largest absolute Gasteiger partial charge is 0.386 e. The first-order chi connectivity index (χ1) is 6.19. The molecule has 72 valence electrons. The van der Waals surface area contributed by atoms with Crippen molar-refractivity contribution in [1.82, 2.24) is 0 Å². The summed E-state index contributed by atoms with van der Waals surface area (Å²) in [6.07, 6.45) is 1.96. The molecule has 1 aromatic carbocycles. The molecule has 0 radical (unpaired) electrons. The van der Waals surface area contributed by atoms with Crippen molar-refractivity contribution in [3.05, 3.63) is 29.1 Å². The van der Waals surface area contributed by atoms with Gasteiger partial charge in [-0.1, -0.05) is 19.4 Å². The smallest absolute Gasteiger partial charge is 0.146 e. The highest BCUT2D eigenvalue weighted by molar-refractivity contribution is 5.53. The number of hydrogen-bond donors (Lipinski definition) is 1. The van der Waals surface area contributed by atoms with Gasteiger partial charge in [-0.25, -0.2) is 4.39 Å². The number of halogens is 1. The fourth-order valence-electron chi connectivity index (χ4n) is 1.56. The average molecular weight is 181 g/mol. The van der Waals surface area contributed by atoms with Crippen LogP contribution < -0.4 is 5.32 Å². The highest BCUT2D eigenvalue weighted by Gasteiger charge is 2.06. The molecule has 0 aliphatic carbocycles. The average Bonchev–Trinajstić information content (AvgIpc) is 2.04. The lowest BCUT2D eigenvalue weighted by Crippen LogP contribution is -1.99. The van der Waals surface area contributed by atoms with Crippen LogP contribution in [0.25, 0.3) is 0 Å². The summed E-state index contributed by atoms with van der Waals surface area (Å²) in [6.45, 7) is 4.02. The molecule has 1 nitrogen and oxygen atoms in total. The molecule has 0 aliphatic heterocycles. The highest BCUT2D eigenvalue weighted by Crippen LogP contribution is 2.22. The topological polar surface area (TPSA) is 12.0 Å². The number of hydrogen-bond acceptors (Lipinski definition) is 1. The predicted octanol–water partition coefficient (Wildman–Crippen LogP) is 3.13. The van der Waals surface area contributed by atoms with Crippen molar-refractivity contribution in [1.29, 1.82) is 0 Å². The highest BCUT2D eigenvalue weighted by atomic mass is 19.1. The van der Waals surface area contributed by atoms with Gasteiger partial charge in [0, 0.05) is 7.05 Å². The first-order valence-electron chi connectivity index (χ1n) is 4.65. The maximum atomic E-state index is 13.4. The molecule has 0 aliphatic rings. The third-order valence-electron chi connectivity index (χ3n) is 2.09. The van der Waals surface area contributed by atoms with Crippen molar-refractivity contribution in [3.63, 3.8) is 0 Å². The van der Waals surface area contributed by atoms with Crippen LogP contribution in [0.2, 0.25) is 0 Å². The van der Waals surface area contributed by atoms with Crippen molar-refractivity contribution < 1.29 is 4.39 Å². The molecule has 1 N–H and O–H groups in total. The van der Waals surface area contributed by atoms with E-state index in [0.717, 1.165) is 24.0 Å². The molecule has 0 saturated heterocycles. The molecule has 0 aromatic heterocycles. The summed E-state index contributed by atoms with van der Waals surface area (Å²) < 4.78 is 13.4. The molecule has 2 heteroatoms. The van der Waals surface area contributed by atoms with E-state index in [1.807, 2.05) is 13.0 Å². The van der Waals surface area contributed by atoms with Gasteiger partial charge in [0.05, 0.1) is 5.69 Å². The number of anilines is 1. The first kappa shape index (κ1) is 10.0. The molecule has 1 rings (SSSR count). The third kappa shape index (κ3) is 2.20. The summed E-state index contributed by atoms with van der Waals surface area (Å²) in [6, 6.07) is 3.60. The van der Waals surface area contributed by atoms with Crippen molar-refractivity contribution >= 4 is 5.69 Å². The van der Waals surface area contributed by atoms with Crippen LogP contribution in [0.3, 0.4) is 0 Å². The molecule has 0 heterocycles.